The third-order valence-corrected chi connectivity index (χ3v) is 4.67. The summed E-state index contributed by atoms with van der Waals surface area (Å²) < 4.78 is 0. The average molecular weight is 282 g/mol. The second-order valence-corrected chi connectivity index (χ2v) is 6.12. The molecule has 0 amide bonds. The quantitative estimate of drug-likeness (QED) is 0.452. The second-order valence-electron chi connectivity index (χ2n) is 3.57. The number of aliphatic carboxylic acids is 2. The monoisotopic (exact) mass is 282 g/mol. The Morgan fingerprint density at radius 3 is 2.00 bits per heavy atom. The molecule has 0 bridgehead atoms. The van der Waals surface area contributed by atoms with E-state index in [9.17, 15) is 9.59 Å². The first-order valence-corrected chi connectivity index (χ1v) is 7.21. The molecule has 0 spiro atoms. The molecule has 0 rings (SSSR count). The Hall–Kier alpha value is -0.440. The van der Waals surface area contributed by atoms with E-state index in [0.29, 0.717) is 11.5 Å². The molecule has 6 N–H and O–H groups in total. The molecule has 0 heterocycles. The molecule has 1 unspecified atom stereocenters. The minimum absolute atomic E-state index is 0.214. The lowest BCUT2D eigenvalue weighted by molar-refractivity contribution is -0.138. The van der Waals surface area contributed by atoms with Crippen molar-refractivity contribution >= 4 is 35.5 Å². The van der Waals surface area contributed by atoms with E-state index in [0.717, 1.165) is 5.75 Å². The van der Waals surface area contributed by atoms with E-state index >= 15 is 0 Å². The van der Waals surface area contributed by atoms with Crippen molar-refractivity contribution in [2.45, 2.75) is 24.3 Å². The van der Waals surface area contributed by atoms with Crippen molar-refractivity contribution in [3.05, 3.63) is 0 Å². The minimum Gasteiger partial charge on any atom is -0.480 e. The Balaban J connectivity index is 3.63. The van der Waals surface area contributed by atoms with Crippen LogP contribution in [0.4, 0.5) is 0 Å². The second kappa shape index (κ2) is 8.62. The van der Waals surface area contributed by atoms with Crippen LogP contribution in [0.2, 0.25) is 0 Å². The zero-order chi connectivity index (χ0) is 13.4. The largest absolute Gasteiger partial charge is 0.480 e. The Kier molecular flexibility index (Phi) is 8.40. The molecule has 0 saturated carbocycles. The van der Waals surface area contributed by atoms with Crippen LogP contribution in [0.3, 0.4) is 0 Å². The molecule has 0 saturated heterocycles. The first kappa shape index (κ1) is 16.6. The summed E-state index contributed by atoms with van der Waals surface area (Å²) in [4.78, 5) is 20.9. The number of rotatable bonds is 9. The highest BCUT2D eigenvalue weighted by Crippen LogP contribution is 2.17. The molecule has 0 aromatic carbocycles. The molecule has 3 atom stereocenters. The molecule has 17 heavy (non-hydrogen) atoms. The highest BCUT2D eigenvalue weighted by atomic mass is 32.2. The van der Waals surface area contributed by atoms with Crippen molar-refractivity contribution in [2.75, 3.05) is 17.3 Å². The van der Waals surface area contributed by atoms with Crippen molar-refractivity contribution in [1.29, 1.82) is 0 Å². The van der Waals surface area contributed by atoms with E-state index in [1.807, 2.05) is 6.92 Å². The lowest BCUT2D eigenvalue weighted by Gasteiger charge is -2.13. The molecular weight excluding hydrogens is 264 g/mol. The highest BCUT2D eigenvalue weighted by Gasteiger charge is 2.15. The number of hydrogen-bond donors (Lipinski definition) is 4. The van der Waals surface area contributed by atoms with Gasteiger partial charge in [0.2, 0.25) is 0 Å². The van der Waals surface area contributed by atoms with Crippen LogP contribution < -0.4 is 11.5 Å². The Bertz CT molecular complexity index is 265. The van der Waals surface area contributed by atoms with E-state index in [2.05, 4.69) is 0 Å². The highest BCUT2D eigenvalue weighted by molar-refractivity contribution is 8.03. The van der Waals surface area contributed by atoms with Crippen molar-refractivity contribution in [3.63, 3.8) is 0 Å². The summed E-state index contributed by atoms with van der Waals surface area (Å²) in [6.07, 6.45) is 0. The van der Waals surface area contributed by atoms with Crippen molar-refractivity contribution < 1.29 is 19.8 Å². The lowest BCUT2D eigenvalue weighted by atomic mass is 10.4. The zero-order valence-corrected chi connectivity index (χ0v) is 11.2. The van der Waals surface area contributed by atoms with Crippen molar-refractivity contribution in [3.8, 4) is 0 Å². The first-order valence-electron chi connectivity index (χ1n) is 5.00. The van der Waals surface area contributed by atoms with E-state index in [1.165, 1.54) is 23.5 Å². The SMILES string of the molecule is CC(CSC[C@H](N)C(=O)O)SC[C@H](N)C(=O)O. The van der Waals surface area contributed by atoms with Crippen LogP contribution in [-0.2, 0) is 9.59 Å². The number of hydrogen-bond acceptors (Lipinski definition) is 6. The van der Waals surface area contributed by atoms with Crippen molar-refractivity contribution in [1.82, 2.24) is 0 Å². The maximum Gasteiger partial charge on any atom is 0.321 e. The summed E-state index contributed by atoms with van der Waals surface area (Å²) in [5.74, 6) is -0.596. The van der Waals surface area contributed by atoms with Gasteiger partial charge in [-0.3, -0.25) is 9.59 Å². The summed E-state index contributed by atoms with van der Waals surface area (Å²) in [5.41, 5.74) is 10.7. The van der Waals surface area contributed by atoms with Gasteiger partial charge >= 0.3 is 11.9 Å². The maximum atomic E-state index is 10.5. The summed E-state index contributed by atoms with van der Waals surface area (Å²) in [6, 6.07) is -1.70. The van der Waals surface area contributed by atoms with Crippen LogP contribution in [0, 0.1) is 0 Å². The van der Waals surface area contributed by atoms with Gasteiger partial charge in [0, 0.05) is 22.5 Å². The summed E-state index contributed by atoms with van der Waals surface area (Å²) >= 11 is 2.90. The molecule has 0 fully saturated rings. The fourth-order valence-electron chi connectivity index (χ4n) is 0.820. The molecule has 0 aliphatic heterocycles. The molecule has 0 aromatic heterocycles. The number of carbonyl (C=O) groups is 2. The number of carboxylic acid groups (broad SMARTS) is 2. The fourth-order valence-corrected chi connectivity index (χ4v) is 3.04. The molecule has 100 valence electrons. The third kappa shape index (κ3) is 8.31. The Morgan fingerprint density at radius 1 is 1.06 bits per heavy atom. The van der Waals surface area contributed by atoms with E-state index in [1.54, 1.807) is 0 Å². The fraction of sp³-hybridized carbons (Fsp3) is 0.778. The molecule has 0 aromatic rings. The van der Waals surface area contributed by atoms with Crippen LogP contribution in [0.5, 0.6) is 0 Å². The molecule has 0 radical (unpaired) electrons. The standard InChI is InChI=1S/C9H18N2O4S2/c1-5(17-4-7(11)9(14)15)2-16-3-6(10)8(12)13/h5-7H,2-4,10-11H2,1H3,(H,12,13)(H,14,15)/t5?,6-,7-/m0/s1. The van der Waals surface area contributed by atoms with Gasteiger partial charge in [-0.15, -0.1) is 0 Å². The summed E-state index contributed by atoms with van der Waals surface area (Å²) in [5, 5.41) is 17.4. The van der Waals surface area contributed by atoms with Gasteiger partial charge in [0.05, 0.1) is 0 Å². The number of nitrogens with two attached hydrogens (primary N) is 2. The van der Waals surface area contributed by atoms with E-state index in [-0.39, 0.29) is 5.25 Å². The zero-order valence-electron chi connectivity index (χ0n) is 9.54. The number of carboxylic acids is 2. The van der Waals surface area contributed by atoms with Gasteiger partial charge in [-0.25, -0.2) is 0 Å². The van der Waals surface area contributed by atoms with Crippen LogP contribution in [0.15, 0.2) is 0 Å². The molecule has 8 heteroatoms. The molecule has 6 nitrogen and oxygen atoms in total. The molecule has 0 aliphatic carbocycles. The topological polar surface area (TPSA) is 127 Å². The van der Waals surface area contributed by atoms with Gasteiger partial charge in [-0.05, 0) is 0 Å². The number of thioether (sulfide) groups is 2. The lowest BCUT2D eigenvalue weighted by Crippen LogP contribution is -2.33. The van der Waals surface area contributed by atoms with E-state index in [4.69, 9.17) is 21.7 Å². The van der Waals surface area contributed by atoms with Crippen LogP contribution in [0.25, 0.3) is 0 Å². The summed E-state index contributed by atoms with van der Waals surface area (Å²) in [7, 11) is 0. The van der Waals surface area contributed by atoms with Gasteiger partial charge in [0.25, 0.3) is 0 Å². The third-order valence-electron chi connectivity index (χ3n) is 1.84. The van der Waals surface area contributed by atoms with Gasteiger partial charge < -0.3 is 21.7 Å². The van der Waals surface area contributed by atoms with Gasteiger partial charge in [0.1, 0.15) is 12.1 Å². The predicted octanol–water partition coefficient (Wildman–Crippen LogP) is -0.335. The van der Waals surface area contributed by atoms with Crippen LogP contribution in [-0.4, -0.2) is 56.7 Å². The van der Waals surface area contributed by atoms with Gasteiger partial charge in [0.15, 0.2) is 0 Å². The summed E-state index contributed by atoms with van der Waals surface area (Å²) in [6.45, 7) is 1.94. The molecular formula is C9H18N2O4S2. The predicted molar refractivity (Wildman–Crippen MR) is 70.5 cm³/mol. The Labute approximate surface area is 108 Å². The van der Waals surface area contributed by atoms with Crippen LogP contribution in [0.1, 0.15) is 6.92 Å². The maximum absolute atomic E-state index is 10.5. The van der Waals surface area contributed by atoms with Gasteiger partial charge in [-0.2, -0.15) is 23.5 Å². The minimum atomic E-state index is -1.01. The first-order chi connectivity index (χ1) is 7.84. The molecule has 0 aliphatic rings. The van der Waals surface area contributed by atoms with Crippen molar-refractivity contribution in [2.24, 2.45) is 11.5 Å². The smallest absolute Gasteiger partial charge is 0.321 e. The average Bonchev–Trinajstić information content (AvgIpc) is 2.25. The normalized spacial score (nSPS) is 16.2. The van der Waals surface area contributed by atoms with Gasteiger partial charge in [-0.1, -0.05) is 6.92 Å². The van der Waals surface area contributed by atoms with E-state index < -0.39 is 24.0 Å². The van der Waals surface area contributed by atoms with Crippen LogP contribution >= 0.6 is 23.5 Å². The Morgan fingerprint density at radius 2 is 1.53 bits per heavy atom.